The summed E-state index contributed by atoms with van der Waals surface area (Å²) in [5.74, 6) is -12.0. The molecule has 0 aliphatic heterocycles. The number of hydrogen-bond donors (Lipinski definition) is 1. The summed E-state index contributed by atoms with van der Waals surface area (Å²) in [7, 11) is 27.8. The van der Waals surface area contributed by atoms with Crippen molar-refractivity contribution in [2.45, 2.75) is 50.2 Å². The van der Waals surface area contributed by atoms with Crippen LogP contribution in [0.15, 0.2) is 24.3 Å². The Bertz CT molecular complexity index is 1610. The van der Waals surface area contributed by atoms with Crippen LogP contribution < -0.4 is 20.4 Å². The van der Waals surface area contributed by atoms with Crippen LogP contribution in [0.2, 0.25) is 0 Å². The molecule has 9 nitrogen and oxygen atoms in total. The van der Waals surface area contributed by atoms with E-state index in [1.165, 1.54) is 6.07 Å². The first-order valence-corrected chi connectivity index (χ1v) is 14.4. The zero-order valence-electron chi connectivity index (χ0n) is 24.2. The van der Waals surface area contributed by atoms with E-state index in [0.29, 0.717) is 5.56 Å². The monoisotopic (exact) mass is 674 g/mol. The Balaban J connectivity index is 2.87. The van der Waals surface area contributed by atoms with Crippen LogP contribution in [0.25, 0.3) is 0 Å². The molecule has 0 spiro atoms. The van der Waals surface area contributed by atoms with Crippen molar-refractivity contribution in [3.63, 3.8) is 0 Å². The fraction of sp³-hybridized carbons (Fsp3) is 0.400. The molecule has 1 N–H and O–H groups in total. The topological polar surface area (TPSA) is 133 Å². The van der Waals surface area contributed by atoms with Gasteiger partial charge in [0.2, 0.25) is 0 Å². The highest BCUT2D eigenvalue weighted by Crippen LogP contribution is 2.48. The van der Waals surface area contributed by atoms with Gasteiger partial charge in [-0.05, 0) is 23.6 Å². The van der Waals surface area contributed by atoms with Crippen molar-refractivity contribution in [2.24, 2.45) is 5.41 Å². The summed E-state index contributed by atoms with van der Waals surface area (Å²) in [5.41, 5.74) is -10.4. The third-order valence-electron chi connectivity index (χ3n) is 6.60. The van der Waals surface area contributed by atoms with Crippen LogP contribution >= 0.6 is 0 Å². The highest BCUT2D eigenvalue weighted by Gasteiger charge is 2.77. The Morgan fingerprint density at radius 2 is 1.15 bits per heavy atom. The molecule has 0 fully saturated rings. The quantitative estimate of drug-likeness (QED) is 0.0810. The molecule has 238 valence electrons. The van der Waals surface area contributed by atoms with Crippen molar-refractivity contribution in [1.29, 1.82) is 0 Å². The van der Waals surface area contributed by atoms with E-state index in [1.54, 1.807) is 0 Å². The van der Waals surface area contributed by atoms with Crippen molar-refractivity contribution in [2.75, 3.05) is 5.75 Å². The largest absolute Gasteiger partial charge is 0.438 e. The maximum atomic E-state index is 14.0. The van der Waals surface area contributed by atoms with E-state index >= 15 is 0 Å². The molecule has 0 bridgehead atoms. The van der Waals surface area contributed by atoms with Gasteiger partial charge >= 0.3 is 35.9 Å². The lowest BCUT2D eigenvalue weighted by molar-refractivity contribution is -0.362. The lowest BCUT2D eigenvalue weighted by atomic mass is 9.83. The third kappa shape index (κ3) is 8.42. The molecule has 2 aromatic carbocycles. The van der Waals surface area contributed by atoms with E-state index in [9.17, 15) is 49.1 Å². The smallest absolute Gasteiger partial charge is 0.437 e. The van der Waals surface area contributed by atoms with Gasteiger partial charge in [-0.3, -0.25) is 9.35 Å². The normalized spacial score (nSPS) is 13.8. The second-order valence-electron chi connectivity index (χ2n) is 10.0. The molecule has 1 atom stereocenters. The SMILES string of the molecule is [B]Cc1cc([B])c(OC(=O)C(C)(C(=O)Oc2c(C[B])cc([B])cc2C[B])C(=O)OC(CS(=O)(=O)O)(C(F)(F)F)C(F)(F)F)c(C[B])c1. The molecule has 0 saturated heterocycles. The summed E-state index contributed by atoms with van der Waals surface area (Å²) >= 11 is 0. The van der Waals surface area contributed by atoms with Crippen LogP contribution in [0.3, 0.4) is 0 Å². The molecule has 0 heterocycles. The predicted molar refractivity (Wildman–Crippen MR) is 158 cm³/mol. The van der Waals surface area contributed by atoms with Gasteiger partial charge in [-0.15, -0.1) is 0 Å². The van der Waals surface area contributed by atoms with Gasteiger partial charge in [0.15, 0.2) is 0 Å². The van der Waals surface area contributed by atoms with Crippen molar-refractivity contribution >= 4 is 86.0 Å². The predicted octanol–water partition coefficient (Wildman–Crippen LogP) is -0.240. The first kappa shape index (κ1) is 39.9. The number of benzene rings is 2. The molecule has 47 heavy (non-hydrogen) atoms. The number of carbonyl (C=O) groups is 3. The van der Waals surface area contributed by atoms with Gasteiger partial charge in [-0.25, -0.2) is 9.59 Å². The summed E-state index contributed by atoms with van der Waals surface area (Å²) in [6.07, 6.45) is -15.2. The van der Waals surface area contributed by atoms with Gasteiger partial charge in [0.25, 0.3) is 15.5 Å². The molecular formula is C25H18B6F6O9S. The van der Waals surface area contributed by atoms with Crippen molar-refractivity contribution in [1.82, 2.24) is 0 Å². The van der Waals surface area contributed by atoms with Gasteiger partial charge in [0.05, 0.1) is 31.4 Å². The van der Waals surface area contributed by atoms with Gasteiger partial charge < -0.3 is 14.2 Å². The van der Waals surface area contributed by atoms with E-state index in [-0.39, 0.29) is 35.4 Å². The summed E-state index contributed by atoms with van der Waals surface area (Å²) in [4.78, 5) is 40.6. The fourth-order valence-corrected chi connectivity index (χ4v) is 4.92. The lowest BCUT2D eigenvalue weighted by Crippen LogP contribution is -2.65. The Kier molecular flexibility index (Phi) is 12.3. The summed E-state index contributed by atoms with van der Waals surface area (Å²) in [6, 6.07) is 4.64. The molecular weight excluding hydrogens is 655 g/mol. The summed E-state index contributed by atoms with van der Waals surface area (Å²) in [5, 5.41) is 0. The number of rotatable bonds is 12. The van der Waals surface area contributed by atoms with Crippen LogP contribution in [-0.4, -0.2) is 102 Å². The van der Waals surface area contributed by atoms with Crippen LogP contribution in [0, 0.1) is 5.41 Å². The minimum Gasteiger partial charge on any atom is -0.437 e. The molecule has 2 aromatic rings. The van der Waals surface area contributed by atoms with E-state index in [0.717, 1.165) is 18.2 Å². The molecule has 0 aliphatic carbocycles. The first-order chi connectivity index (χ1) is 21.4. The summed E-state index contributed by atoms with van der Waals surface area (Å²) < 4.78 is 130. The summed E-state index contributed by atoms with van der Waals surface area (Å²) in [6.45, 7) is 0.166. The standard InChI is InChI=1S/C25H18B6F6O9S/c1-22(19(38)44-17-13(8-28)4-15(30)5-14(17)9-29,20(39)45-18-12(7-27)2-11(6-26)3-16(18)31)21(40)46-23(24(32,33)34,25(35,36)37)10-47(41,42)43/h2-5H,6-10H2,1H3,(H,41,42,43). The van der Waals surface area contributed by atoms with Crippen molar-refractivity contribution in [3.05, 3.63) is 46.5 Å². The number of esters is 3. The zero-order valence-corrected chi connectivity index (χ0v) is 25.0. The fourth-order valence-electron chi connectivity index (χ4n) is 4.02. The van der Waals surface area contributed by atoms with Crippen molar-refractivity contribution < 1.29 is 67.9 Å². The highest BCUT2D eigenvalue weighted by atomic mass is 32.2. The lowest BCUT2D eigenvalue weighted by Gasteiger charge is -2.37. The van der Waals surface area contributed by atoms with Crippen molar-refractivity contribution in [3.8, 4) is 11.5 Å². The van der Waals surface area contributed by atoms with E-state index in [2.05, 4.69) is 4.74 Å². The third-order valence-corrected chi connectivity index (χ3v) is 7.37. The Morgan fingerprint density at radius 1 is 0.723 bits per heavy atom. The van der Waals surface area contributed by atoms with Crippen LogP contribution in [0.5, 0.6) is 11.5 Å². The number of ether oxygens (including phenoxy) is 3. The zero-order chi connectivity index (χ0) is 36.3. The molecule has 0 saturated carbocycles. The van der Waals surface area contributed by atoms with Gasteiger partial charge in [-0.2, -0.15) is 34.8 Å². The molecule has 0 aliphatic rings. The Hall–Kier alpha value is -3.27. The molecule has 0 aromatic heterocycles. The number of hydrogen-bond acceptors (Lipinski definition) is 8. The number of halogens is 6. The average molecular weight is 673 g/mol. The van der Waals surface area contributed by atoms with E-state index in [4.69, 9.17) is 61.1 Å². The minimum absolute atomic E-state index is 0.0170. The molecule has 0 amide bonds. The number of carbonyl (C=O) groups excluding carboxylic acids is 3. The Labute approximate surface area is 273 Å². The highest BCUT2D eigenvalue weighted by molar-refractivity contribution is 7.85. The van der Waals surface area contributed by atoms with Crippen LogP contribution in [0.4, 0.5) is 26.3 Å². The molecule has 2 rings (SSSR count). The first-order valence-electron chi connectivity index (χ1n) is 12.8. The van der Waals surface area contributed by atoms with Gasteiger partial charge in [0.1, 0.15) is 32.9 Å². The van der Waals surface area contributed by atoms with E-state index < -0.39 is 93.1 Å². The maximum Gasteiger partial charge on any atom is 0.438 e. The molecule has 1 unspecified atom stereocenters. The second-order valence-corrected chi connectivity index (χ2v) is 11.5. The number of alkyl halides is 6. The van der Waals surface area contributed by atoms with Gasteiger partial charge in [-0.1, -0.05) is 66.0 Å². The molecule has 22 heteroatoms. The second kappa shape index (κ2) is 14.5. The Morgan fingerprint density at radius 3 is 1.53 bits per heavy atom. The van der Waals surface area contributed by atoms with Crippen LogP contribution in [0.1, 0.15) is 29.2 Å². The average Bonchev–Trinajstić information content (AvgIpc) is 2.95. The minimum atomic E-state index is -6.82. The van der Waals surface area contributed by atoms with Crippen LogP contribution in [-0.2, 0) is 54.5 Å². The van der Waals surface area contributed by atoms with E-state index in [1.807, 2.05) is 0 Å². The maximum absolute atomic E-state index is 14.0. The van der Waals surface area contributed by atoms with Gasteiger partial charge in [0, 0.05) is 0 Å². The molecule has 12 radical (unpaired) electrons.